The van der Waals surface area contributed by atoms with E-state index in [0.717, 1.165) is 6.07 Å². The van der Waals surface area contributed by atoms with Crippen molar-refractivity contribution in [1.29, 1.82) is 0 Å². The summed E-state index contributed by atoms with van der Waals surface area (Å²) in [5.41, 5.74) is -0.0461. The Morgan fingerprint density at radius 3 is 2.59 bits per heavy atom. The Bertz CT molecular complexity index is 455. The molecule has 0 aliphatic rings. The largest absolute Gasteiger partial charge is 0.575 e. The molecule has 0 aliphatic carbocycles. The highest BCUT2D eigenvalue weighted by Gasteiger charge is 2.36. The van der Waals surface area contributed by atoms with Crippen LogP contribution in [0.15, 0.2) is 6.07 Å². The van der Waals surface area contributed by atoms with Crippen molar-refractivity contribution in [1.82, 2.24) is 4.98 Å². The van der Waals surface area contributed by atoms with Gasteiger partial charge in [0.25, 0.3) is 0 Å². The van der Waals surface area contributed by atoms with Crippen LogP contribution in [0.3, 0.4) is 0 Å². The Labute approximate surface area is 111 Å². The maximum absolute atomic E-state index is 12.0. The van der Waals surface area contributed by atoms with E-state index in [1.54, 1.807) is 22.6 Å². The van der Waals surface area contributed by atoms with E-state index in [9.17, 15) is 23.3 Å². The van der Waals surface area contributed by atoms with Crippen molar-refractivity contribution in [2.75, 3.05) is 0 Å². The summed E-state index contributed by atoms with van der Waals surface area (Å²) in [5, 5.41) is 10.4. The second-order valence-corrected chi connectivity index (χ2v) is 4.11. The van der Waals surface area contributed by atoms with Crippen LogP contribution in [0.5, 0.6) is 5.88 Å². The molecule has 0 aromatic carbocycles. The predicted octanol–water partition coefficient (Wildman–Crippen LogP) is 3.23. The minimum Gasteiger partial charge on any atom is -0.366 e. The molecule has 0 amide bonds. The van der Waals surface area contributed by atoms with Gasteiger partial charge in [0.15, 0.2) is 0 Å². The van der Waals surface area contributed by atoms with Gasteiger partial charge in [-0.05, 0) is 27.5 Å². The molecule has 0 spiro atoms. The summed E-state index contributed by atoms with van der Waals surface area (Å²) in [4.78, 5) is 12.7. The predicted molar refractivity (Wildman–Crippen MR) is 59.8 cm³/mol. The molecule has 94 valence electrons. The van der Waals surface area contributed by atoms with Crippen LogP contribution < -0.4 is 4.74 Å². The van der Waals surface area contributed by atoms with Gasteiger partial charge in [-0.25, -0.2) is 0 Å². The summed E-state index contributed by atoms with van der Waals surface area (Å²) in [6.45, 7) is 0. The average Bonchev–Trinajstić information content (AvgIpc) is 2.14. The SMILES string of the molecule is O=[N+]([O-])c1cc(I)c(CCl)c(OC(F)(F)F)n1. The van der Waals surface area contributed by atoms with Gasteiger partial charge in [0, 0.05) is 8.55 Å². The lowest BCUT2D eigenvalue weighted by atomic mass is 10.3. The molecular weight excluding hydrogens is 379 g/mol. The summed E-state index contributed by atoms with van der Waals surface area (Å²) < 4.78 is 39.9. The van der Waals surface area contributed by atoms with Crippen LogP contribution >= 0.6 is 34.2 Å². The topological polar surface area (TPSA) is 65.3 Å². The van der Waals surface area contributed by atoms with Gasteiger partial charge >= 0.3 is 18.1 Å². The molecule has 1 rings (SSSR count). The van der Waals surface area contributed by atoms with Crippen molar-refractivity contribution in [2.45, 2.75) is 12.2 Å². The van der Waals surface area contributed by atoms with E-state index >= 15 is 0 Å². The molecule has 5 nitrogen and oxygen atoms in total. The Hall–Kier alpha value is -0.840. The van der Waals surface area contributed by atoms with Crippen LogP contribution in [0, 0.1) is 13.7 Å². The van der Waals surface area contributed by atoms with E-state index in [4.69, 9.17) is 11.6 Å². The smallest absolute Gasteiger partial charge is 0.366 e. The molecule has 0 bridgehead atoms. The molecule has 17 heavy (non-hydrogen) atoms. The molecule has 1 aromatic heterocycles. The summed E-state index contributed by atoms with van der Waals surface area (Å²) in [5.74, 6) is -1.93. The summed E-state index contributed by atoms with van der Waals surface area (Å²) >= 11 is 7.06. The third kappa shape index (κ3) is 3.84. The van der Waals surface area contributed by atoms with Crippen molar-refractivity contribution in [3.63, 3.8) is 0 Å². The van der Waals surface area contributed by atoms with Gasteiger partial charge in [-0.3, -0.25) is 0 Å². The minimum absolute atomic E-state index is 0.0461. The lowest BCUT2D eigenvalue weighted by Gasteiger charge is -2.08. The quantitative estimate of drug-likeness (QED) is 0.348. The zero-order valence-corrected chi connectivity index (χ0v) is 10.7. The van der Waals surface area contributed by atoms with Crippen molar-refractivity contribution in [2.24, 2.45) is 0 Å². The molecule has 1 aromatic rings. The minimum atomic E-state index is -4.98. The number of pyridine rings is 1. The van der Waals surface area contributed by atoms with Crippen molar-refractivity contribution in [3.8, 4) is 5.88 Å². The van der Waals surface area contributed by atoms with Crippen LogP contribution in [0.1, 0.15) is 5.56 Å². The molecule has 0 aliphatic heterocycles. The Morgan fingerprint density at radius 1 is 1.59 bits per heavy atom. The molecule has 0 atom stereocenters. The van der Waals surface area contributed by atoms with Crippen LogP contribution in [0.2, 0.25) is 0 Å². The third-order valence-electron chi connectivity index (χ3n) is 1.55. The van der Waals surface area contributed by atoms with Gasteiger partial charge in [0.1, 0.15) is 0 Å². The normalized spacial score (nSPS) is 11.4. The summed E-state index contributed by atoms with van der Waals surface area (Å²) in [6.07, 6.45) is -4.98. The Morgan fingerprint density at radius 2 is 2.18 bits per heavy atom. The number of ether oxygens (including phenoxy) is 1. The maximum atomic E-state index is 12.0. The first kappa shape index (κ1) is 14.2. The molecule has 0 unspecified atom stereocenters. The average molecular weight is 382 g/mol. The van der Waals surface area contributed by atoms with Gasteiger partial charge in [0.05, 0.1) is 17.5 Å². The first-order valence-electron chi connectivity index (χ1n) is 3.90. The van der Waals surface area contributed by atoms with Gasteiger partial charge in [-0.2, -0.15) is 0 Å². The second-order valence-electron chi connectivity index (χ2n) is 2.68. The van der Waals surface area contributed by atoms with Crippen LogP contribution in [0.25, 0.3) is 0 Å². The zero-order chi connectivity index (χ0) is 13.2. The van der Waals surface area contributed by atoms with Gasteiger partial charge in [0.2, 0.25) is 0 Å². The number of halogens is 5. The Balaban J connectivity index is 3.29. The molecule has 0 saturated heterocycles. The van der Waals surface area contributed by atoms with E-state index in [-0.39, 0.29) is 15.0 Å². The first-order chi connectivity index (χ1) is 7.74. The number of alkyl halides is 4. The number of hydrogen-bond donors (Lipinski definition) is 0. The van der Waals surface area contributed by atoms with Crippen molar-refractivity contribution >= 4 is 40.0 Å². The Kier molecular flexibility index (Phi) is 4.36. The highest BCUT2D eigenvalue weighted by Crippen LogP contribution is 2.31. The number of hydrogen-bond acceptors (Lipinski definition) is 4. The molecule has 1 heterocycles. The molecule has 0 N–H and O–H groups in total. The molecular formula is C7H3ClF3IN2O3. The fraction of sp³-hybridized carbons (Fsp3) is 0.286. The van der Waals surface area contributed by atoms with E-state index in [0.29, 0.717) is 0 Å². The fourth-order valence-electron chi connectivity index (χ4n) is 0.915. The summed E-state index contributed by atoms with van der Waals surface area (Å²) in [7, 11) is 0. The van der Waals surface area contributed by atoms with Crippen molar-refractivity contribution < 1.29 is 22.8 Å². The van der Waals surface area contributed by atoms with E-state index in [2.05, 4.69) is 9.72 Å². The van der Waals surface area contributed by atoms with Gasteiger partial charge < -0.3 is 14.9 Å². The number of aromatic nitrogens is 1. The number of nitrogens with zero attached hydrogens (tertiary/aromatic N) is 2. The third-order valence-corrected chi connectivity index (χ3v) is 2.78. The van der Waals surface area contributed by atoms with Crippen LogP contribution in [-0.4, -0.2) is 16.3 Å². The summed E-state index contributed by atoms with van der Waals surface area (Å²) in [6, 6.07) is 1.02. The molecule has 10 heteroatoms. The standard InChI is InChI=1S/C7H3ClF3IN2O3/c8-2-3-4(12)1-5(14(15)16)13-6(3)17-7(9,10)11/h1H,2H2. The van der Waals surface area contributed by atoms with E-state index < -0.39 is 23.0 Å². The van der Waals surface area contributed by atoms with Crippen LogP contribution in [-0.2, 0) is 5.88 Å². The maximum Gasteiger partial charge on any atom is 0.575 e. The highest BCUT2D eigenvalue weighted by molar-refractivity contribution is 14.1. The second kappa shape index (κ2) is 5.21. The molecule has 0 saturated carbocycles. The highest BCUT2D eigenvalue weighted by atomic mass is 127. The number of rotatable bonds is 3. The van der Waals surface area contributed by atoms with E-state index in [1.165, 1.54) is 0 Å². The van der Waals surface area contributed by atoms with Crippen LogP contribution in [0.4, 0.5) is 19.0 Å². The van der Waals surface area contributed by atoms with Crippen molar-refractivity contribution in [3.05, 3.63) is 25.3 Å². The number of nitro groups is 1. The van der Waals surface area contributed by atoms with Gasteiger partial charge in [-0.1, -0.05) is 0 Å². The first-order valence-corrected chi connectivity index (χ1v) is 5.51. The molecule has 0 radical (unpaired) electrons. The fourth-order valence-corrected chi connectivity index (χ4v) is 2.10. The lowest BCUT2D eigenvalue weighted by molar-refractivity contribution is -0.390. The monoisotopic (exact) mass is 382 g/mol. The zero-order valence-electron chi connectivity index (χ0n) is 7.79. The van der Waals surface area contributed by atoms with Gasteiger partial charge in [-0.15, -0.1) is 24.8 Å². The lowest BCUT2D eigenvalue weighted by Crippen LogP contribution is -2.19. The molecule has 0 fully saturated rings. The van der Waals surface area contributed by atoms with E-state index in [1.807, 2.05) is 0 Å².